The molecule has 14 heavy (non-hydrogen) atoms. The van der Waals surface area contributed by atoms with Crippen LogP contribution in [0.4, 0.5) is 0 Å². The predicted molar refractivity (Wildman–Crippen MR) is 57.0 cm³/mol. The minimum atomic E-state index is -0.338. The number of carbonyl (C=O) groups is 1. The smallest absolute Gasteiger partial charge is 0.315 e. The maximum absolute atomic E-state index is 11.8. The molecule has 1 fully saturated rings. The maximum atomic E-state index is 11.8. The number of rotatable bonds is 2. The molecular weight excluding hydrogens is 176 g/mol. The quantitative estimate of drug-likeness (QED) is 0.501. The molecule has 1 rings (SSSR count). The molecule has 0 radical (unpaired) electrons. The Kier molecular flexibility index (Phi) is 3.35. The lowest BCUT2D eigenvalue weighted by Gasteiger charge is -2.24. The summed E-state index contributed by atoms with van der Waals surface area (Å²) in [5.74, 6) is -0.0475. The van der Waals surface area contributed by atoms with Crippen LogP contribution in [-0.2, 0) is 9.53 Å². The number of allylic oxidation sites excluding steroid dienone is 1. The van der Waals surface area contributed by atoms with E-state index in [2.05, 4.69) is 13.8 Å². The van der Waals surface area contributed by atoms with Gasteiger partial charge in [0, 0.05) is 0 Å². The summed E-state index contributed by atoms with van der Waals surface area (Å²) in [6.07, 6.45) is 3.10. The monoisotopic (exact) mass is 196 g/mol. The second-order valence-corrected chi connectivity index (χ2v) is 4.38. The molecule has 0 aromatic carbocycles. The summed E-state index contributed by atoms with van der Waals surface area (Å²) in [6.45, 7) is 8.51. The van der Waals surface area contributed by atoms with Crippen molar-refractivity contribution >= 4 is 5.97 Å². The van der Waals surface area contributed by atoms with Crippen molar-refractivity contribution in [1.82, 2.24) is 0 Å². The van der Waals surface area contributed by atoms with Crippen molar-refractivity contribution in [2.75, 3.05) is 6.61 Å². The van der Waals surface area contributed by atoms with E-state index in [1.54, 1.807) is 0 Å². The lowest BCUT2D eigenvalue weighted by atomic mass is 9.82. The SMILES string of the molecule is CCOC(=O)C1(C)CCCC1=C(C)C. The van der Waals surface area contributed by atoms with Gasteiger partial charge < -0.3 is 4.74 Å². The van der Waals surface area contributed by atoms with Crippen LogP contribution < -0.4 is 0 Å². The van der Waals surface area contributed by atoms with Gasteiger partial charge in [-0.2, -0.15) is 0 Å². The van der Waals surface area contributed by atoms with E-state index in [1.807, 2.05) is 13.8 Å². The Hall–Kier alpha value is -0.790. The van der Waals surface area contributed by atoms with Crippen LogP contribution in [0.5, 0.6) is 0 Å². The van der Waals surface area contributed by atoms with Crippen molar-refractivity contribution in [1.29, 1.82) is 0 Å². The maximum Gasteiger partial charge on any atom is 0.315 e. The Balaban J connectivity index is 2.93. The van der Waals surface area contributed by atoms with Crippen LogP contribution in [0, 0.1) is 5.41 Å². The standard InChI is InChI=1S/C12H20O2/c1-5-14-11(13)12(4)8-6-7-10(12)9(2)3/h5-8H2,1-4H3. The van der Waals surface area contributed by atoms with Gasteiger partial charge in [-0.1, -0.05) is 11.1 Å². The van der Waals surface area contributed by atoms with E-state index in [0.717, 1.165) is 19.3 Å². The zero-order valence-corrected chi connectivity index (χ0v) is 9.64. The fourth-order valence-corrected chi connectivity index (χ4v) is 2.36. The normalized spacial score (nSPS) is 26.4. The van der Waals surface area contributed by atoms with Gasteiger partial charge in [-0.3, -0.25) is 4.79 Å². The molecular formula is C12H20O2. The topological polar surface area (TPSA) is 26.3 Å². The molecule has 0 amide bonds. The fraction of sp³-hybridized carbons (Fsp3) is 0.750. The van der Waals surface area contributed by atoms with E-state index in [0.29, 0.717) is 6.61 Å². The highest BCUT2D eigenvalue weighted by Crippen LogP contribution is 2.45. The molecule has 1 aliphatic carbocycles. The second-order valence-electron chi connectivity index (χ2n) is 4.38. The Labute approximate surface area is 86.3 Å². The molecule has 1 atom stereocenters. The van der Waals surface area contributed by atoms with Gasteiger partial charge in [0.1, 0.15) is 0 Å². The number of hydrogen-bond donors (Lipinski definition) is 0. The van der Waals surface area contributed by atoms with Gasteiger partial charge in [0.05, 0.1) is 12.0 Å². The molecule has 2 nitrogen and oxygen atoms in total. The van der Waals surface area contributed by atoms with Gasteiger partial charge in [-0.05, 0) is 47.0 Å². The van der Waals surface area contributed by atoms with Crippen LogP contribution >= 0.6 is 0 Å². The Morgan fingerprint density at radius 1 is 1.50 bits per heavy atom. The second kappa shape index (κ2) is 4.16. The van der Waals surface area contributed by atoms with Gasteiger partial charge in [0.25, 0.3) is 0 Å². The van der Waals surface area contributed by atoms with Crippen molar-refractivity contribution in [3.05, 3.63) is 11.1 Å². The number of esters is 1. The number of hydrogen-bond acceptors (Lipinski definition) is 2. The largest absolute Gasteiger partial charge is 0.465 e. The van der Waals surface area contributed by atoms with E-state index in [1.165, 1.54) is 11.1 Å². The highest BCUT2D eigenvalue weighted by molar-refractivity contribution is 5.81. The molecule has 1 saturated carbocycles. The van der Waals surface area contributed by atoms with E-state index in [4.69, 9.17) is 4.74 Å². The summed E-state index contributed by atoms with van der Waals surface area (Å²) in [5, 5.41) is 0. The van der Waals surface area contributed by atoms with E-state index >= 15 is 0 Å². The average Bonchev–Trinajstić information content (AvgIpc) is 2.49. The first-order valence-corrected chi connectivity index (χ1v) is 5.36. The third-order valence-electron chi connectivity index (χ3n) is 3.10. The molecule has 0 bridgehead atoms. The van der Waals surface area contributed by atoms with E-state index in [9.17, 15) is 4.79 Å². The van der Waals surface area contributed by atoms with Gasteiger partial charge in [-0.25, -0.2) is 0 Å². The molecule has 0 aromatic rings. The molecule has 2 heteroatoms. The van der Waals surface area contributed by atoms with Crippen molar-refractivity contribution < 1.29 is 9.53 Å². The third kappa shape index (κ3) is 1.84. The van der Waals surface area contributed by atoms with E-state index in [-0.39, 0.29) is 11.4 Å². The molecule has 0 saturated heterocycles. The summed E-state index contributed by atoms with van der Waals surface area (Å²) < 4.78 is 5.14. The van der Waals surface area contributed by atoms with Gasteiger partial charge in [0.2, 0.25) is 0 Å². The van der Waals surface area contributed by atoms with Crippen LogP contribution in [-0.4, -0.2) is 12.6 Å². The third-order valence-corrected chi connectivity index (χ3v) is 3.10. The Bertz CT molecular complexity index is 261. The van der Waals surface area contributed by atoms with Crippen LogP contribution in [0.3, 0.4) is 0 Å². The Morgan fingerprint density at radius 2 is 2.14 bits per heavy atom. The van der Waals surface area contributed by atoms with Crippen molar-refractivity contribution in [3.8, 4) is 0 Å². The highest BCUT2D eigenvalue weighted by Gasteiger charge is 2.42. The molecule has 80 valence electrons. The first-order chi connectivity index (χ1) is 6.52. The number of carbonyl (C=O) groups excluding carboxylic acids is 1. The first kappa shape index (κ1) is 11.3. The van der Waals surface area contributed by atoms with Gasteiger partial charge in [0.15, 0.2) is 0 Å². The number of ether oxygens (including phenoxy) is 1. The molecule has 1 aliphatic rings. The highest BCUT2D eigenvalue weighted by atomic mass is 16.5. The average molecular weight is 196 g/mol. The summed E-state index contributed by atoms with van der Waals surface area (Å²) in [7, 11) is 0. The van der Waals surface area contributed by atoms with Gasteiger partial charge >= 0.3 is 5.97 Å². The zero-order chi connectivity index (χ0) is 10.8. The van der Waals surface area contributed by atoms with Crippen LogP contribution in [0.1, 0.15) is 47.0 Å². The minimum Gasteiger partial charge on any atom is -0.465 e. The minimum absolute atomic E-state index is 0.0475. The van der Waals surface area contributed by atoms with Crippen molar-refractivity contribution in [2.24, 2.45) is 5.41 Å². The molecule has 0 spiro atoms. The molecule has 0 aliphatic heterocycles. The summed E-state index contributed by atoms with van der Waals surface area (Å²) >= 11 is 0. The molecule has 0 N–H and O–H groups in total. The molecule has 0 aromatic heterocycles. The summed E-state index contributed by atoms with van der Waals surface area (Å²) in [4.78, 5) is 11.8. The predicted octanol–water partition coefficient (Wildman–Crippen LogP) is 3.08. The molecule has 1 unspecified atom stereocenters. The van der Waals surface area contributed by atoms with E-state index < -0.39 is 0 Å². The Morgan fingerprint density at radius 3 is 2.64 bits per heavy atom. The van der Waals surface area contributed by atoms with Crippen molar-refractivity contribution in [3.63, 3.8) is 0 Å². The van der Waals surface area contributed by atoms with Crippen molar-refractivity contribution in [2.45, 2.75) is 47.0 Å². The first-order valence-electron chi connectivity index (χ1n) is 5.36. The summed E-state index contributed by atoms with van der Waals surface area (Å²) in [6, 6.07) is 0. The van der Waals surface area contributed by atoms with Crippen LogP contribution in [0.2, 0.25) is 0 Å². The van der Waals surface area contributed by atoms with Crippen LogP contribution in [0.25, 0.3) is 0 Å². The lowest BCUT2D eigenvalue weighted by molar-refractivity contribution is -0.151. The lowest BCUT2D eigenvalue weighted by Crippen LogP contribution is -2.29. The zero-order valence-electron chi connectivity index (χ0n) is 9.64. The molecule has 0 heterocycles. The van der Waals surface area contributed by atoms with Crippen LogP contribution in [0.15, 0.2) is 11.1 Å². The fourth-order valence-electron chi connectivity index (χ4n) is 2.36. The summed E-state index contributed by atoms with van der Waals surface area (Å²) in [5.41, 5.74) is 2.23. The van der Waals surface area contributed by atoms with Gasteiger partial charge in [-0.15, -0.1) is 0 Å².